The zero-order valence-corrected chi connectivity index (χ0v) is 11.0. The number of hydrogen-bond acceptors (Lipinski definition) is 1. The van der Waals surface area contributed by atoms with Crippen molar-refractivity contribution in [1.29, 1.82) is 0 Å². The van der Waals surface area contributed by atoms with Gasteiger partial charge in [-0.1, -0.05) is 18.2 Å². The maximum Gasteiger partial charge on any atom is 0.416 e. The third-order valence-corrected chi connectivity index (χ3v) is 3.63. The number of hydrogen-bond donors (Lipinski definition) is 1. The standard InChI is InChI=1S/C14H18F3NO/c1-11(18-5-7-19-8-6-18)9-12-3-2-4-13(10-12)14(15,16)17/h2-4,10-11H,5-9H2,1H3/p+1/t11-/m1/s1. The highest BCUT2D eigenvalue weighted by Crippen LogP contribution is 2.29. The lowest BCUT2D eigenvalue weighted by Gasteiger charge is -2.29. The van der Waals surface area contributed by atoms with Gasteiger partial charge in [0.2, 0.25) is 0 Å². The first-order chi connectivity index (χ1) is 8.97. The van der Waals surface area contributed by atoms with E-state index in [0.717, 1.165) is 37.9 Å². The van der Waals surface area contributed by atoms with E-state index in [1.165, 1.54) is 17.0 Å². The Morgan fingerprint density at radius 1 is 1.26 bits per heavy atom. The molecule has 1 saturated heterocycles. The van der Waals surface area contributed by atoms with Crippen LogP contribution in [0.5, 0.6) is 0 Å². The Labute approximate surface area is 111 Å². The Bertz CT molecular complexity index is 413. The van der Waals surface area contributed by atoms with E-state index in [9.17, 15) is 13.2 Å². The second-order valence-corrected chi connectivity index (χ2v) is 5.07. The molecule has 1 atom stereocenters. The van der Waals surface area contributed by atoms with E-state index in [1.807, 2.05) is 0 Å². The minimum Gasteiger partial charge on any atom is -0.370 e. The maximum atomic E-state index is 12.6. The Balaban J connectivity index is 2.02. The van der Waals surface area contributed by atoms with Crippen LogP contribution >= 0.6 is 0 Å². The van der Waals surface area contributed by atoms with Crippen LogP contribution in [0.1, 0.15) is 18.1 Å². The molecule has 1 fully saturated rings. The topological polar surface area (TPSA) is 13.7 Å². The van der Waals surface area contributed by atoms with Gasteiger partial charge in [-0.15, -0.1) is 0 Å². The highest BCUT2D eigenvalue weighted by molar-refractivity contribution is 5.26. The van der Waals surface area contributed by atoms with E-state index in [4.69, 9.17) is 4.74 Å². The number of halogens is 3. The number of ether oxygens (including phenoxy) is 1. The second kappa shape index (κ2) is 5.92. The first-order valence-corrected chi connectivity index (χ1v) is 6.55. The summed E-state index contributed by atoms with van der Waals surface area (Å²) in [6.07, 6.45) is -3.59. The number of quaternary nitrogens is 1. The Hall–Kier alpha value is -1.07. The molecule has 2 nitrogen and oxygen atoms in total. The number of rotatable bonds is 3. The molecule has 0 spiro atoms. The number of nitrogens with one attached hydrogen (secondary N) is 1. The van der Waals surface area contributed by atoms with Gasteiger partial charge in [-0.2, -0.15) is 13.2 Å². The molecule has 1 aliphatic heterocycles. The lowest BCUT2D eigenvalue weighted by Crippen LogP contribution is -3.17. The molecule has 5 heteroatoms. The summed E-state index contributed by atoms with van der Waals surface area (Å²) in [7, 11) is 0. The van der Waals surface area contributed by atoms with E-state index in [-0.39, 0.29) is 0 Å². The highest BCUT2D eigenvalue weighted by Gasteiger charge is 2.30. The van der Waals surface area contributed by atoms with Gasteiger partial charge in [0.25, 0.3) is 0 Å². The van der Waals surface area contributed by atoms with E-state index >= 15 is 0 Å². The quantitative estimate of drug-likeness (QED) is 0.883. The van der Waals surface area contributed by atoms with Crippen LogP contribution in [0.3, 0.4) is 0 Å². The van der Waals surface area contributed by atoms with Crippen molar-refractivity contribution >= 4 is 0 Å². The van der Waals surface area contributed by atoms with Crippen LogP contribution in [0.2, 0.25) is 0 Å². The second-order valence-electron chi connectivity index (χ2n) is 5.07. The lowest BCUT2D eigenvalue weighted by atomic mass is 10.0. The van der Waals surface area contributed by atoms with Crippen LogP contribution in [0.4, 0.5) is 13.2 Å². The Morgan fingerprint density at radius 3 is 2.58 bits per heavy atom. The molecule has 19 heavy (non-hydrogen) atoms. The average Bonchev–Trinajstić information content (AvgIpc) is 2.39. The molecule has 0 radical (unpaired) electrons. The molecule has 1 aromatic carbocycles. The van der Waals surface area contributed by atoms with Crippen LogP contribution in [0, 0.1) is 0 Å². The third-order valence-electron chi connectivity index (χ3n) is 3.63. The predicted molar refractivity (Wildman–Crippen MR) is 66.1 cm³/mol. The van der Waals surface area contributed by atoms with Crippen molar-refractivity contribution in [3.8, 4) is 0 Å². The molecule has 1 aromatic rings. The maximum absolute atomic E-state index is 12.6. The summed E-state index contributed by atoms with van der Waals surface area (Å²) >= 11 is 0. The number of alkyl halides is 3. The minimum atomic E-state index is -4.26. The molecule has 106 valence electrons. The van der Waals surface area contributed by atoms with Gasteiger partial charge in [0.1, 0.15) is 13.1 Å². The minimum absolute atomic E-state index is 0.312. The van der Waals surface area contributed by atoms with Gasteiger partial charge in [0.05, 0.1) is 24.8 Å². The van der Waals surface area contributed by atoms with Crippen molar-refractivity contribution in [2.75, 3.05) is 26.3 Å². The van der Waals surface area contributed by atoms with Gasteiger partial charge in [-0.25, -0.2) is 0 Å². The summed E-state index contributed by atoms with van der Waals surface area (Å²) < 4.78 is 43.2. The summed E-state index contributed by atoms with van der Waals surface area (Å²) in [6, 6.07) is 5.95. The molecule has 0 aromatic heterocycles. The highest BCUT2D eigenvalue weighted by atomic mass is 19.4. The molecule has 1 N–H and O–H groups in total. The summed E-state index contributed by atoms with van der Waals surface area (Å²) in [6.45, 7) is 5.42. The number of benzene rings is 1. The predicted octanol–water partition coefficient (Wildman–Crippen LogP) is 1.55. The van der Waals surface area contributed by atoms with Gasteiger partial charge < -0.3 is 9.64 Å². The fourth-order valence-corrected chi connectivity index (χ4v) is 2.50. The van der Waals surface area contributed by atoms with E-state index in [2.05, 4.69) is 6.92 Å². The molecule has 0 amide bonds. The van der Waals surface area contributed by atoms with Gasteiger partial charge in [-0.3, -0.25) is 0 Å². The van der Waals surface area contributed by atoms with Crippen LogP contribution < -0.4 is 4.90 Å². The molecule has 0 aliphatic carbocycles. The van der Waals surface area contributed by atoms with Crippen LogP contribution in [0.25, 0.3) is 0 Å². The largest absolute Gasteiger partial charge is 0.416 e. The van der Waals surface area contributed by atoms with Gasteiger partial charge >= 0.3 is 6.18 Å². The monoisotopic (exact) mass is 274 g/mol. The fourth-order valence-electron chi connectivity index (χ4n) is 2.50. The molecular formula is C14H19F3NO+. The molecule has 0 bridgehead atoms. The molecule has 1 heterocycles. The van der Waals surface area contributed by atoms with Crippen molar-refractivity contribution in [1.82, 2.24) is 0 Å². The van der Waals surface area contributed by atoms with Crippen molar-refractivity contribution < 1.29 is 22.8 Å². The average molecular weight is 274 g/mol. The van der Waals surface area contributed by atoms with E-state index < -0.39 is 11.7 Å². The van der Waals surface area contributed by atoms with Crippen molar-refractivity contribution in [3.05, 3.63) is 35.4 Å². The summed E-state index contributed by atoms with van der Waals surface area (Å²) in [4.78, 5) is 1.41. The fraction of sp³-hybridized carbons (Fsp3) is 0.571. The van der Waals surface area contributed by atoms with Gasteiger partial charge in [0.15, 0.2) is 0 Å². The normalized spacial score (nSPS) is 19.4. The summed E-state index contributed by atoms with van der Waals surface area (Å²) in [5.74, 6) is 0. The summed E-state index contributed by atoms with van der Waals surface area (Å²) in [5, 5.41) is 0. The summed E-state index contributed by atoms with van der Waals surface area (Å²) in [5.41, 5.74) is 0.190. The smallest absolute Gasteiger partial charge is 0.370 e. The van der Waals surface area contributed by atoms with E-state index in [1.54, 1.807) is 6.07 Å². The van der Waals surface area contributed by atoms with Crippen molar-refractivity contribution in [2.24, 2.45) is 0 Å². The molecular weight excluding hydrogens is 255 g/mol. The Morgan fingerprint density at radius 2 is 1.95 bits per heavy atom. The third kappa shape index (κ3) is 3.94. The van der Waals surface area contributed by atoms with Crippen LogP contribution in [-0.4, -0.2) is 32.3 Å². The lowest BCUT2D eigenvalue weighted by molar-refractivity contribution is -0.930. The molecule has 2 rings (SSSR count). The zero-order chi connectivity index (χ0) is 13.9. The van der Waals surface area contributed by atoms with Gasteiger partial charge in [0, 0.05) is 6.42 Å². The first kappa shape index (κ1) is 14.3. The Kier molecular flexibility index (Phi) is 4.47. The SMILES string of the molecule is C[C@H](Cc1cccc(C(F)(F)F)c1)[NH+]1CCOCC1. The van der Waals surface area contributed by atoms with Crippen LogP contribution in [-0.2, 0) is 17.3 Å². The zero-order valence-electron chi connectivity index (χ0n) is 11.0. The van der Waals surface area contributed by atoms with Gasteiger partial charge in [-0.05, 0) is 18.6 Å². The first-order valence-electron chi connectivity index (χ1n) is 6.55. The molecule has 0 unspecified atom stereocenters. The van der Waals surface area contributed by atoms with Crippen molar-refractivity contribution in [2.45, 2.75) is 25.6 Å². The number of morpholine rings is 1. The van der Waals surface area contributed by atoms with Crippen molar-refractivity contribution in [3.63, 3.8) is 0 Å². The molecule has 1 aliphatic rings. The molecule has 0 saturated carbocycles. The van der Waals surface area contributed by atoms with Crippen LogP contribution in [0.15, 0.2) is 24.3 Å². The van der Waals surface area contributed by atoms with E-state index in [0.29, 0.717) is 12.5 Å².